The van der Waals surface area contributed by atoms with Crippen molar-refractivity contribution < 1.29 is 42.5 Å². The van der Waals surface area contributed by atoms with Crippen LogP contribution in [-0.2, 0) is 23.8 Å². The highest BCUT2D eigenvalue weighted by atomic mass is 19.1. The van der Waals surface area contributed by atoms with Crippen LogP contribution in [0.3, 0.4) is 0 Å². The highest BCUT2D eigenvalue weighted by molar-refractivity contribution is 6.01. The minimum atomic E-state index is -2.36. The first-order valence-electron chi connectivity index (χ1n) is 16.4. The Balaban J connectivity index is 1.36. The first-order chi connectivity index (χ1) is 21.0. The van der Waals surface area contributed by atoms with E-state index in [9.17, 15) is 24.8 Å². The molecular weight excluding hydrogens is 584 g/mol. The van der Waals surface area contributed by atoms with Gasteiger partial charge in [0.25, 0.3) is 0 Å². The van der Waals surface area contributed by atoms with Gasteiger partial charge in [0.1, 0.15) is 18.3 Å². The monoisotopic (exact) mass is 629 g/mol. The van der Waals surface area contributed by atoms with E-state index in [0.29, 0.717) is 18.3 Å². The summed E-state index contributed by atoms with van der Waals surface area (Å²) >= 11 is 0. The molecule has 0 amide bonds. The van der Waals surface area contributed by atoms with E-state index in [1.165, 1.54) is 19.1 Å². The molecule has 0 aromatic heterocycles. The third kappa shape index (κ3) is 4.17. The topological polar surface area (TPSA) is 123 Å². The number of aliphatic hydroxyl groups is 1. The molecule has 7 rings (SSSR count). The molecule has 0 aromatic rings. The number of carbonyl (C=O) groups is 3. The molecule has 13 atom stereocenters. The van der Waals surface area contributed by atoms with Crippen molar-refractivity contribution in [2.24, 2.45) is 51.8 Å². The maximum atomic E-state index is 17.7. The number of nitriles is 1. The van der Waals surface area contributed by atoms with Crippen molar-refractivity contribution in [1.82, 2.24) is 0 Å². The van der Waals surface area contributed by atoms with E-state index in [4.69, 9.17) is 14.2 Å². The first kappa shape index (κ1) is 32.2. The lowest BCUT2D eigenvalue weighted by Crippen LogP contribution is -2.71. The molecule has 0 aromatic carbocycles. The van der Waals surface area contributed by atoms with E-state index in [1.807, 2.05) is 6.92 Å². The lowest BCUT2D eigenvalue weighted by atomic mass is 9.44. The van der Waals surface area contributed by atoms with Gasteiger partial charge in [-0.2, -0.15) is 5.26 Å². The Kier molecular flexibility index (Phi) is 7.40. The molecule has 6 saturated carbocycles. The standard InChI is InChI=1S/C35H45F2NO7/c1-18-11-20-13-21(31(20,3)4)14-27(18)44-30(42)45-35(29(41)43-10-9-38)19(2)12-23-24-16-26(36)25-15-22(39)7-8-32(25,5)34(24,37)28(40)17-33(23,35)6/h7-8,15,18-21,23-24,26-28,40H,10-14,16-17H2,1-6H3/t18-,19-,20?,21+,23+,24+,26+,27-,28+,32+,33+,34+,35+/m1/s1. The molecule has 0 saturated heterocycles. The van der Waals surface area contributed by atoms with Crippen molar-refractivity contribution in [3.05, 3.63) is 23.8 Å². The van der Waals surface area contributed by atoms with Gasteiger partial charge in [0.05, 0.1) is 6.10 Å². The lowest BCUT2D eigenvalue weighted by Gasteiger charge is -2.62. The van der Waals surface area contributed by atoms with Crippen molar-refractivity contribution in [2.75, 3.05) is 6.61 Å². The quantitative estimate of drug-likeness (QED) is 0.378. The summed E-state index contributed by atoms with van der Waals surface area (Å²) in [7, 11) is 0. The Morgan fingerprint density at radius 1 is 1.07 bits per heavy atom. The van der Waals surface area contributed by atoms with Crippen LogP contribution in [0, 0.1) is 63.1 Å². The third-order valence-corrected chi connectivity index (χ3v) is 13.7. The molecule has 1 unspecified atom stereocenters. The number of ketones is 1. The second-order valence-electron chi connectivity index (χ2n) is 15.9. The minimum Gasteiger partial charge on any atom is -0.447 e. The number of nitrogens with zero attached hydrogens (tertiary/aromatic N) is 1. The predicted molar refractivity (Wildman–Crippen MR) is 158 cm³/mol. The lowest BCUT2D eigenvalue weighted by molar-refractivity contribution is -0.234. The second kappa shape index (κ2) is 10.4. The Morgan fingerprint density at radius 3 is 2.42 bits per heavy atom. The van der Waals surface area contributed by atoms with Gasteiger partial charge in [0.15, 0.2) is 18.1 Å². The summed E-state index contributed by atoms with van der Waals surface area (Å²) in [6, 6.07) is 1.78. The van der Waals surface area contributed by atoms with Crippen molar-refractivity contribution in [3.63, 3.8) is 0 Å². The van der Waals surface area contributed by atoms with Gasteiger partial charge in [-0.15, -0.1) is 0 Å². The van der Waals surface area contributed by atoms with E-state index in [1.54, 1.807) is 19.9 Å². The van der Waals surface area contributed by atoms with Crippen molar-refractivity contribution >= 4 is 17.9 Å². The minimum absolute atomic E-state index is 0.000527. The number of hydrogen-bond acceptors (Lipinski definition) is 8. The fourth-order valence-electron chi connectivity index (χ4n) is 10.9. The van der Waals surface area contributed by atoms with Gasteiger partial charge in [-0.25, -0.2) is 18.4 Å². The van der Waals surface area contributed by atoms with Gasteiger partial charge in [-0.05, 0) is 92.3 Å². The number of esters is 1. The van der Waals surface area contributed by atoms with Crippen LogP contribution in [0.15, 0.2) is 23.8 Å². The number of fused-ring (bicyclic) bond motifs is 8. The molecule has 45 heavy (non-hydrogen) atoms. The van der Waals surface area contributed by atoms with Gasteiger partial charge in [-0.3, -0.25) is 4.79 Å². The third-order valence-electron chi connectivity index (χ3n) is 13.7. The molecule has 7 aliphatic rings. The second-order valence-corrected chi connectivity index (χ2v) is 15.9. The fraction of sp³-hybridized carbons (Fsp3) is 0.771. The maximum absolute atomic E-state index is 17.7. The summed E-state index contributed by atoms with van der Waals surface area (Å²) in [5, 5.41) is 21.0. The highest BCUT2D eigenvalue weighted by Gasteiger charge is 2.79. The molecule has 0 spiro atoms. The Morgan fingerprint density at radius 2 is 1.76 bits per heavy atom. The average Bonchev–Trinajstić information content (AvgIpc) is 3.06. The molecule has 7 aliphatic carbocycles. The van der Waals surface area contributed by atoms with Crippen LogP contribution in [-0.4, -0.2) is 59.3 Å². The van der Waals surface area contributed by atoms with Gasteiger partial charge in [0.2, 0.25) is 5.60 Å². The zero-order valence-corrected chi connectivity index (χ0v) is 27.0. The van der Waals surface area contributed by atoms with Gasteiger partial charge in [0, 0.05) is 22.7 Å². The number of allylic oxidation sites excluding steroid dienone is 4. The van der Waals surface area contributed by atoms with Gasteiger partial charge < -0.3 is 19.3 Å². The SMILES string of the molecule is C[C@@H]1CC2C[C@@H](C[C@H]1OC(=O)O[C@]1(C(=O)OCC#N)[C@H](C)C[C@H]3[C@@H]4C[C@H](F)C5=CC(=O)C=C[C@]5(C)[C@@]4(F)[C@@H](O)C[C@@]31C)C2(C)C. The van der Waals surface area contributed by atoms with Crippen LogP contribution in [0.4, 0.5) is 13.6 Å². The summed E-state index contributed by atoms with van der Waals surface area (Å²) < 4.78 is 51.0. The van der Waals surface area contributed by atoms with Gasteiger partial charge in [-0.1, -0.05) is 40.7 Å². The van der Waals surface area contributed by atoms with Crippen LogP contribution in [0.1, 0.15) is 80.1 Å². The summed E-state index contributed by atoms with van der Waals surface area (Å²) in [5.74, 6) is -2.92. The molecule has 246 valence electrons. The van der Waals surface area contributed by atoms with E-state index >= 15 is 8.78 Å². The maximum Gasteiger partial charge on any atom is 0.509 e. The number of rotatable bonds is 4. The largest absolute Gasteiger partial charge is 0.509 e. The molecule has 1 N–H and O–H groups in total. The van der Waals surface area contributed by atoms with E-state index in [-0.39, 0.29) is 36.2 Å². The van der Waals surface area contributed by atoms with E-state index in [0.717, 1.165) is 18.9 Å². The zero-order chi connectivity index (χ0) is 32.9. The molecule has 6 fully saturated rings. The summed E-state index contributed by atoms with van der Waals surface area (Å²) in [6.45, 7) is 10.8. The summed E-state index contributed by atoms with van der Waals surface area (Å²) in [5.41, 5.74) is -7.22. The van der Waals surface area contributed by atoms with Crippen molar-refractivity contribution in [1.29, 1.82) is 5.26 Å². The first-order valence-corrected chi connectivity index (χ1v) is 16.4. The predicted octanol–water partition coefficient (Wildman–Crippen LogP) is 5.97. The van der Waals surface area contributed by atoms with Crippen LogP contribution >= 0.6 is 0 Å². The Hall–Kier alpha value is -2.80. The number of hydrogen-bond donors (Lipinski definition) is 1. The molecule has 0 heterocycles. The molecule has 10 heteroatoms. The summed E-state index contributed by atoms with van der Waals surface area (Å²) in [6.07, 6.45) is 1.09. The highest BCUT2D eigenvalue weighted by Crippen LogP contribution is 2.72. The molecule has 8 nitrogen and oxygen atoms in total. The van der Waals surface area contributed by atoms with Crippen LogP contribution in [0.2, 0.25) is 0 Å². The Bertz CT molecular complexity index is 1400. The molecular formula is C35H45F2NO7. The smallest absolute Gasteiger partial charge is 0.447 e. The van der Waals surface area contributed by atoms with Crippen molar-refractivity contribution in [2.45, 2.75) is 110 Å². The number of alkyl halides is 2. The van der Waals surface area contributed by atoms with E-state index in [2.05, 4.69) is 13.8 Å². The summed E-state index contributed by atoms with van der Waals surface area (Å²) in [4.78, 5) is 39.9. The number of halogens is 2. The molecule has 0 radical (unpaired) electrons. The van der Waals surface area contributed by atoms with Crippen LogP contribution < -0.4 is 0 Å². The van der Waals surface area contributed by atoms with Crippen LogP contribution in [0.5, 0.6) is 0 Å². The molecule has 2 bridgehead atoms. The number of aliphatic hydroxyl groups excluding tert-OH is 1. The number of ether oxygens (including phenoxy) is 3. The zero-order valence-electron chi connectivity index (χ0n) is 27.0. The Labute approximate surface area is 263 Å². The normalized spacial score (nSPS) is 49.1. The fourth-order valence-corrected chi connectivity index (χ4v) is 10.9. The number of carbonyl (C=O) groups excluding carboxylic acids is 3. The van der Waals surface area contributed by atoms with Crippen molar-refractivity contribution in [3.8, 4) is 6.07 Å². The van der Waals surface area contributed by atoms with E-state index < -0.39 is 82.7 Å². The van der Waals surface area contributed by atoms with Crippen LogP contribution in [0.25, 0.3) is 0 Å². The average molecular weight is 630 g/mol. The molecule has 0 aliphatic heterocycles. The van der Waals surface area contributed by atoms with Gasteiger partial charge >= 0.3 is 12.1 Å².